The van der Waals surface area contributed by atoms with Gasteiger partial charge in [-0.25, -0.2) is 12.7 Å². The molecule has 0 radical (unpaired) electrons. The molecule has 0 bridgehead atoms. The molecule has 154 valence electrons. The van der Waals surface area contributed by atoms with E-state index in [9.17, 15) is 13.2 Å². The zero-order valence-corrected chi connectivity index (χ0v) is 17.6. The van der Waals surface area contributed by atoms with Crippen LogP contribution < -0.4 is 4.74 Å². The Morgan fingerprint density at radius 3 is 2.31 bits per heavy atom. The van der Waals surface area contributed by atoms with Gasteiger partial charge in [0.25, 0.3) is 5.91 Å². The predicted molar refractivity (Wildman–Crippen MR) is 111 cm³/mol. The molecule has 2 aromatic rings. The minimum atomic E-state index is -3.50. The van der Waals surface area contributed by atoms with E-state index in [0.717, 1.165) is 35.7 Å². The van der Waals surface area contributed by atoms with Crippen molar-refractivity contribution in [2.75, 3.05) is 27.2 Å². The Morgan fingerprint density at radius 2 is 1.66 bits per heavy atom. The van der Waals surface area contributed by atoms with Crippen molar-refractivity contribution >= 4 is 15.9 Å². The van der Waals surface area contributed by atoms with Crippen LogP contribution in [0.25, 0.3) is 0 Å². The van der Waals surface area contributed by atoms with E-state index in [2.05, 4.69) is 6.07 Å². The summed E-state index contributed by atoms with van der Waals surface area (Å²) in [6, 6.07) is 14.3. The van der Waals surface area contributed by atoms with Crippen LogP contribution in [0.5, 0.6) is 5.75 Å². The molecule has 29 heavy (non-hydrogen) atoms. The average Bonchev–Trinajstić information content (AvgIpc) is 2.74. The fraction of sp³-hybridized carbons (Fsp3) is 0.409. The molecule has 4 rings (SSSR count). The number of amides is 1. The normalized spacial score (nSPS) is 18.4. The van der Waals surface area contributed by atoms with Crippen LogP contribution in [0.1, 0.15) is 35.2 Å². The molecule has 2 aliphatic heterocycles. The monoisotopic (exact) mass is 414 g/mol. The van der Waals surface area contributed by atoms with E-state index in [1.54, 1.807) is 12.1 Å². The maximum absolute atomic E-state index is 12.9. The van der Waals surface area contributed by atoms with Crippen molar-refractivity contribution in [3.05, 3.63) is 59.7 Å². The van der Waals surface area contributed by atoms with Crippen molar-refractivity contribution in [1.29, 1.82) is 0 Å². The van der Waals surface area contributed by atoms with Crippen LogP contribution >= 0.6 is 0 Å². The van der Waals surface area contributed by atoms with Crippen molar-refractivity contribution in [2.45, 2.75) is 36.2 Å². The van der Waals surface area contributed by atoms with Gasteiger partial charge < -0.3 is 9.64 Å². The van der Waals surface area contributed by atoms with Crippen LogP contribution in [-0.4, -0.2) is 56.3 Å². The number of rotatable bonds is 3. The van der Waals surface area contributed by atoms with Crippen LogP contribution in [-0.2, 0) is 16.4 Å². The molecule has 1 amide bonds. The highest BCUT2D eigenvalue weighted by Gasteiger charge is 2.40. The largest absolute Gasteiger partial charge is 0.487 e. The highest BCUT2D eigenvalue weighted by molar-refractivity contribution is 7.89. The fourth-order valence-electron chi connectivity index (χ4n) is 4.09. The van der Waals surface area contributed by atoms with Crippen molar-refractivity contribution in [2.24, 2.45) is 0 Å². The molecule has 6 nitrogen and oxygen atoms in total. The summed E-state index contributed by atoms with van der Waals surface area (Å²) in [7, 11) is -0.516. The lowest BCUT2D eigenvalue weighted by molar-refractivity contribution is -0.0106. The van der Waals surface area contributed by atoms with Crippen molar-refractivity contribution in [1.82, 2.24) is 9.21 Å². The lowest BCUT2D eigenvalue weighted by Crippen LogP contribution is -2.51. The van der Waals surface area contributed by atoms with Crippen LogP contribution in [0.4, 0.5) is 0 Å². The minimum Gasteiger partial charge on any atom is -0.487 e. The molecule has 0 unspecified atom stereocenters. The number of hydrogen-bond acceptors (Lipinski definition) is 4. The molecule has 2 heterocycles. The van der Waals surface area contributed by atoms with Crippen LogP contribution in [0.2, 0.25) is 0 Å². The van der Waals surface area contributed by atoms with E-state index < -0.39 is 10.0 Å². The molecule has 0 N–H and O–H groups in total. The van der Waals surface area contributed by atoms with Gasteiger partial charge in [0, 0.05) is 45.6 Å². The van der Waals surface area contributed by atoms with Gasteiger partial charge in [0.05, 0.1) is 4.90 Å². The van der Waals surface area contributed by atoms with Gasteiger partial charge in [0.1, 0.15) is 11.4 Å². The number of ether oxygens (including phenoxy) is 1. The predicted octanol–water partition coefficient (Wildman–Crippen LogP) is 2.94. The van der Waals surface area contributed by atoms with Gasteiger partial charge >= 0.3 is 0 Å². The lowest BCUT2D eigenvalue weighted by Gasteiger charge is -2.44. The summed E-state index contributed by atoms with van der Waals surface area (Å²) < 4.78 is 31.9. The van der Waals surface area contributed by atoms with E-state index in [1.807, 2.05) is 23.1 Å². The molecule has 0 saturated carbocycles. The Bertz CT molecular complexity index is 1010. The smallest absolute Gasteiger partial charge is 0.253 e. The van der Waals surface area contributed by atoms with Crippen LogP contribution in [0, 0.1) is 0 Å². The summed E-state index contributed by atoms with van der Waals surface area (Å²) in [6.45, 7) is 1.28. The first-order valence-electron chi connectivity index (χ1n) is 9.90. The molecule has 1 fully saturated rings. The third-order valence-corrected chi connectivity index (χ3v) is 7.82. The highest BCUT2D eigenvalue weighted by atomic mass is 32.2. The average molecular weight is 415 g/mol. The van der Waals surface area contributed by atoms with E-state index in [-0.39, 0.29) is 16.4 Å². The zero-order chi connectivity index (χ0) is 20.6. The van der Waals surface area contributed by atoms with E-state index in [1.165, 1.54) is 31.8 Å². The second-order valence-electron chi connectivity index (χ2n) is 8.00. The SMILES string of the molecule is CN(C)S(=O)(=O)c1ccc(C(=O)N2CCC3(CCc4ccccc4O3)CC2)cc1. The number of carbonyl (C=O) groups excluding carboxylic acids is 1. The number of aryl methyl sites for hydroxylation is 1. The first-order valence-corrected chi connectivity index (χ1v) is 11.3. The minimum absolute atomic E-state index is 0.0649. The highest BCUT2D eigenvalue weighted by Crippen LogP contribution is 2.39. The summed E-state index contributed by atoms with van der Waals surface area (Å²) >= 11 is 0. The fourth-order valence-corrected chi connectivity index (χ4v) is 4.99. The number of likely N-dealkylation sites (tertiary alicyclic amines) is 1. The van der Waals surface area contributed by atoms with Gasteiger partial charge in [-0.05, 0) is 48.7 Å². The maximum atomic E-state index is 12.9. The molecular weight excluding hydrogens is 388 g/mol. The Morgan fingerprint density at radius 1 is 1.00 bits per heavy atom. The van der Waals surface area contributed by atoms with E-state index >= 15 is 0 Å². The van der Waals surface area contributed by atoms with Crippen molar-refractivity contribution in [3.63, 3.8) is 0 Å². The summed E-state index contributed by atoms with van der Waals surface area (Å²) in [6.07, 6.45) is 3.59. The van der Waals surface area contributed by atoms with Crippen molar-refractivity contribution < 1.29 is 17.9 Å². The third-order valence-electron chi connectivity index (χ3n) is 5.99. The first-order chi connectivity index (χ1) is 13.8. The number of para-hydroxylation sites is 1. The van der Waals surface area contributed by atoms with Crippen LogP contribution in [0.15, 0.2) is 53.4 Å². The first kappa shape index (κ1) is 19.9. The molecule has 0 atom stereocenters. The number of benzene rings is 2. The second-order valence-corrected chi connectivity index (χ2v) is 10.1. The number of piperidine rings is 1. The Hall–Kier alpha value is -2.38. The summed E-state index contributed by atoms with van der Waals surface area (Å²) in [5, 5.41) is 0. The van der Waals surface area contributed by atoms with Gasteiger partial charge in [0.15, 0.2) is 0 Å². The molecule has 2 aromatic carbocycles. The number of nitrogens with zero attached hydrogens (tertiary/aromatic N) is 2. The molecule has 1 saturated heterocycles. The molecule has 1 spiro atoms. The lowest BCUT2D eigenvalue weighted by atomic mass is 9.83. The number of sulfonamides is 1. The number of fused-ring (bicyclic) bond motifs is 1. The summed E-state index contributed by atoms with van der Waals surface area (Å²) in [5.74, 6) is 0.904. The maximum Gasteiger partial charge on any atom is 0.253 e. The van der Waals surface area contributed by atoms with Gasteiger partial charge in [-0.2, -0.15) is 0 Å². The van der Waals surface area contributed by atoms with Crippen LogP contribution in [0.3, 0.4) is 0 Å². The molecular formula is C22H26N2O4S. The molecule has 7 heteroatoms. The second kappa shape index (κ2) is 7.46. The quantitative estimate of drug-likeness (QED) is 0.775. The van der Waals surface area contributed by atoms with Gasteiger partial charge in [0.2, 0.25) is 10.0 Å². The Kier molecular flexibility index (Phi) is 5.12. The molecule has 0 aliphatic carbocycles. The van der Waals surface area contributed by atoms with E-state index in [0.29, 0.717) is 18.7 Å². The standard InChI is InChI=1S/C22H26N2O4S/c1-23(2)29(26,27)19-9-7-18(8-10-19)21(25)24-15-13-22(14-16-24)12-11-17-5-3-4-6-20(17)28-22/h3-10H,11-16H2,1-2H3. The Labute approximate surface area is 172 Å². The van der Waals surface area contributed by atoms with Gasteiger partial charge in [-0.3, -0.25) is 4.79 Å². The van der Waals surface area contributed by atoms with Gasteiger partial charge in [-0.15, -0.1) is 0 Å². The summed E-state index contributed by atoms with van der Waals surface area (Å²) in [5.41, 5.74) is 1.58. The van der Waals surface area contributed by atoms with E-state index in [4.69, 9.17) is 4.74 Å². The summed E-state index contributed by atoms with van der Waals surface area (Å²) in [4.78, 5) is 14.9. The third kappa shape index (κ3) is 3.76. The zero-order valence-electron chi connectivity index (χ0n) is 16.8. The number of carbonyl (C=O) groups is 1. The molecule has 0 aromatic heterocycles. The van der Waals surface area contributed by atoms with Crippen molar-refractivity contribution in [3.8, 4) is 5.75 Å². The Balaban J connectivity index is 1.42. The topological polar surface area (TPSA) is 66.9 Å². The van der Waals surface area contributed by atoms with Gasteiger partial charge in [-0.1, -0.05) is 18.2 Å². The number of hydrogen-bond donors (Lipinski definition) is 0. The molecule has 2 aliphatic rings.